The van der Waals surface area contributed by atoms with E-state index in [1.807, 2.05) is 0 Å². The highest BCUT2D eigenvalue weighted by Crippen LogP contribution is 2.16. The Hall–Kier alpha value is -0.900. The summed E-state index contributed by atoms with van der Waals surface area (Å²) < 4.78 is 0. The second kappa shape index (κ2) is 4.55. The molecule has 14 heavy (non-hydrogen) atoms. The minimum absolute atomic E-state index is 0.0185. The summed E-state index contributed by atoms with van der Waals surface area (Å²) in [6, 6.07) is -0.0185. The number of hydrogen-bond donors (Lipinski definition) is 2. The van der Waals surface area contributed by atoms with Crippen LogP contribution in [0.1, 0.15) is 57.7 Å². The minimum atomic E-state index is -0.0185. The molecule has 0 spiro atoms. The van der Waals surface area contributed by atoms with Gasteiger partial charge in [0.1, 0.15) is 5.82 Å². The fraction of sp³-hybridized carbons (Fsp3) is 0.800. The van der Waals surface area contributed by atoms with Crippen LogP contribution in [0.25, 0.3) is 0 Å². The molecule has 0 unspecified atom stereocenters. The maximum atomic E-state index is 5.98. The average Bonchev–Trinajstić information content (AvgIpc) is 2.50. The van der Waals surface area contributed by atoms with Crippen molar-refractivity contribution in [2.24, 2.45) is 11.7 Å². The minimum Gasteiger partial charge on any atom is -0.321 e. The first-order valence-corrected chi connectivity index (χ1v) is 5.18. The molecule has 4 nitrogen and oxygen atoms in total. The van der Waals surface area contributed by atoms with Gasteiger partial charge in [-0.05, 0) is 12.3 Å². The molecule has 0 fully saturated rings. The highest BCUT2D eigenvalue weighted by molar-refractivity contribution is 4.98. The topological polar surface area (TPSA) is 67.6 Å². The van der Waals surface area contributed by atoms with Crippen molar-refractivity contribution in [1.29, 1.82) is 0 Å². The van der Waals surface area contributed by atoms with Gasteiger partial charge in [-0.3, -0.25) is 5.10 Å². The molecule has 1 aromatic heterocycles. The van der Waals surface area contributed by atoms with Crippen LogP contribution in [-0.4, -0.2) is 15.2 Å². The van der Waals surface area contributed by atoms with Gasteiger partial charge in [0.05, 0.1) is 6.04 Å². The van der Waals surface area contributed by atoms with Gasteiger partial charge in [0.2, 0.25) is 0 Å². The lowest BCUT2D eigenvalue weighted by Crippen LogP contribution is -2.14. The highest BCUT2D eigenvalue weighted by Gasteiger charge is 2.14. The number of hydrogen-bond acceptors (Lipinski definition) is 3. The van der Waals surface area contributed by atoms with E-state index in [1.54, 1.807) is 0 Å². The van der Waals surface area contributed by atoms with Crippen molar-refractivity contribution in [3.63, 3.8) is 0 Å². The summed E-state index contributed by atoms with van der Waals surface area (Å²) >= 11 is 0. The molecule has 0 bridgehead atoms. The van der Waals surface area contributed by atoms with Crippen LogP contribution in [0, 0.1) is 5.92 Å². The molecule has 3 N–H and O–H groups in total. The molecular weight excluding hydrogens is 176 g/mol. The standard InChI is InChI=1S/C10H20N4/c1-6(2)5-8(11)10-12-9(7(3)4)13-14-10/h6-8H,5,11H2,1-4H3,(H,12,13,14)/t8-/m0/s1. The summed E-state index contributed by atoms with van der Waals surface area (Å²) in [4.78, 5) is 4.37. The van der Waals surface area contributed by atoms with E-state index in [4.69, 9.17) is 5.73 Å². The molecule has 1 rings (SSSR count). The lowest BCUT2D eigenvalue weighted by molar-refractivity contribution is 0.494. The summed E-state index contributed by atoms with van der Waals surface area (Å²) in [5.41, 5.74) is 5.98. The van der Waals surface area contributed by atoms with Crippen LogP contribution in [0.4, 0.5) is 0 Å². The van der Waals surface area contributed by atoms with E-state index >= 15 is 0 Å². The molecule has 0 aliphatic heterocycles. The Morgan fingerprint density at radius 1 is 1.29 bits per heavy atom. The van der Waals surface area contributed by atoms with Crippen molar-refractivity contribution in [1.82, 2.24) is 15.2 Å². The van der Waals surface area contributed by atoms with Crippen LogP contribution in [0.3, 0.4) is 0 Å². The molecular formula is C10H20N4. The smallest absolute Gasteiger partial charge is 0.153 e. The Morgan fingerprint density at radius 3 is 2.36 bits per heavy atom. The lowest BCUT2D eigenvalue weighted by Gasteiger charge is -2.10. The lowest BCUT2D eigenvalue weighted by atomic mass is 10.0. The van der Waals surface area contributed by atoms with Crippen LogP contribution < -0.4 is 5.73 Å². The molecule has 0 saturated heterocycles. The first-order valence-electron chi connectivity index (χ1n) is 5.18. The molecule has 0 aromatic carbocycles. The maximum Gasteiger partial charge on any atom is 0.153 e. The number of H-pyrrole nitrogens is 1. The zero-order valence-electron chi connectivity index (χ0n) is 9.41. The zero-order chi connectivity index (χ0) is 10.7. The third-order valence-corrected chi connectivity index (χ3v) is 2.11. The largest absolute Gasteiger partial charge is 0.321 e. The Labute approximate surface area is 85.3 Å². The highest BCUT2D eigenvalue weighted by atomic mass is 15.2. The van der Waals surface area contributed by atoms with Crippen molar-refractivity contribution in [3.8, 4) is 0 Å². The summed E-state index contributed by atoms with van der Waals surface area (Å²) in [5.74, 6) is 2.59. The Bertz CT molecular complexity index is 277. The van der Waals surface area contributed by atoms with Crippen molar-refractivity contribution in [2.45, 2.75) is 46.1 Å². The molecule has 0 aliphatic rings. The van der Waals surface area contributed by atoms with Gasteiger partial charge in [-0.1, -0.05) is 27.7 Å². The molecule has 0 radical (unpaired) electrons. The van der Waals surface area contributed by atoms with Gasteiger partial charge in [-0.25, -0.2) is 4.98 Å². The van der Waals surface area contributed by atoms with E-state index in [0.717, 1.165) is 18.1 Å². The van der Waals surface area contributed by atoms with Crippen LogP contribution in [-0.2, 0) is 0 Å². The number of nitrogens with one attached hydrogen (secondary N) is 1. The second-order valence-electron chi connectivity index (χ2n) is 4.47. The number of nitrogens with zero attached hydrogens (tertiary/aromatic N) is 2. The van der Waals surface area contributed by atoms with Gasteiger partial charge in [0.25, 0.3) is 0 Å². The van der Waals surface area contributed by atoms with Crippen LogP contribution in [0.5, 0.6) is 0 Å². The van der Waals surface area contributed by atoms with Crippen LogP contribution in [0.15, 0.2) is 0 Å². The second-order valence-corrected chi connectivity index (χ2v) is 4.47. The van der Waals surface area contributed by atoms with Gasteiger partial charge in [0, 0.05) is 5.92 Å². The van der Waals surface area contributed by atoms with Gasteiger partial charge >= 0.3 is 0 Å². The van der Waals surface area contributed by atoms with E-state index in [-0.39, 0.29) is 6.04 Å². The zero-order valence-corrected chi connectivity index (χ0v) is 9.41. The molecule has 1 heterocycles. The van der Waals surface area contributed by atoms with Gasteiger partial charge < -0.3 is 5.73 Å². The van der Waals surface area contributed by atoms with E-state index in [0.29, 0.717) is 11.8 Å². The van der Waals surface area contributed by atoms with E-state index in [9.17, 15) is 0 Å². The molecule has 1 atom stereocenters. The number of nitrogens with two attached hydrogens (primary N) is 1. The summed E-state index contributed by atoms with van der Waals surface area (Å²) in [6.07, 6.45) is 0.937. The normalized spacial score (nSPS) is 13.9. The SMILES string of the molecule is CC(C)C[C@H](N)c1nc(C(C)C)n[nH]1. The predicted octanol–water partition coefficient (Wildman–Crippen LogP) is 1.97. The summed E-state index contributed by atoms with van der Waals surface area (Å²) in [7, 11) is 0. The average molecular weight is 196 g/mol. The summed E-state index contributed by atoms with van der Waals surface area (Å²) in [5, 5.41) is 7.03. The molecule has 0 saturated carbocycles. The predicted molar refractivity (Wildman–Crippen MR) is 56.9 cm³/mol. The maximum absolute atomic E-state index is 5.98. The van der Waals surface area contributed by atoms with Crippen LogP contribution in [0.2, 0.25) is 0 Å². The Morgan fingerprint density at radius 2 is 1.93 bits per heavy atom. The number of aromatic nitrogens is 3. The van der Waals surface area contributed by atoms with Crippen molar-refractivity contribution in [3.05, 3.63) is 11.6 Å². The Kier molecular flexibility index (Phi) is 3.63. The molecule has 1 aromatic rings. The van der Waals surface area contributed by atoms with Crippen LogP contribution >= 0.6 is 0 Å². The van der Waals surface area contributed by atoms with Gasteiger partial charge in [-0.15, -0.1) is 0 Å². The van der Waals surface area contributed by atoms with Crippen molar-refractivity contribution in [2.75, 3.05) is 0 Å². The Balaban J connectivity index is 2.66. The number of aromatic amines is 1. The monoisotopic (exact) mass is 196 g/mol. The summed E-state index contributed by atoms with van der Waals surface area (Å²) in [6.45, 7) is 8.45. The molecule has 4 heteroatoms. The van der Waals surface area contributed by atoms with E-state index < -0.39 is 0 Å². The molecule has 0 amide bonds. The van der Waals surface area contributed by atoms with Gasteiger partial charge in [-0.2, -0.15) is 5.10 Å². The van der Waals surface area contributed by atoms with E-state index in [2.05, 4.69) is 42.9 Å². The third-order valence-electron chi connectivity index (χ3n) is 2.11. The van der Waals surface area contributed by atoms with Crippen molar-refractivity contribution < 1.29 is 0 Å². The van der Waals surface area contributed by atoms with Crippen molar-refractivity contribution >= 4 is 0 Å². The molecule has 80 valence electrons. The van der Waals surface area contributed by atoms with Gasteiger partial charge in [0.15, 0.2) is 5.82 Å². The van der Waals surface area contributed by atoms with E-state index in [1.165, 1.54) is 0 Å². The first kappa shape index (κ1) is 11.2. The fourth-order valence-electron chi connectivity index (χ4n) is 1.33. The quantitative estimate of drug-likeness (QED) is 0.773. The third kappa shape index (κ3) is 2.80. The fourth-order valence-corrected chi connectivity index (χ4v) is 1.33. The molecule has 0 aliphatic carbocycles. The number of rotatable bonds is 4. The first-order chi connectivity index (χ1) is 6.50.